The largest absolute Gasteiger partial charge is 0.350 e. The van der Waals surface area contributed by atoms with Crippen LogP contribution in [0.2, 0.25) is 0 Å². The van der Waals surface area contributed by atoms with Gasteiger partial charge in [-0.05, 0) is 55.5 Å². The van der Waals surface area contributed by atoms with Gasteiger partial charge in [-0.15, -0.1) is 11.8 Å². The zero-order chi connectivity index (χ0) is 23.5. The summed E-state index contributed by atoms with van der Waals surface area (Å²) < 4.78 is 1.67. The lowest BCUT2D eigenvalue weighted by atomic mass is 9.99. The molecular formula is C27H25N3O2S. The molecule has 2 aromatic heterocycles. The normalized spacial score (nSPS) is 11.6. The molecule has 0 atom stereocenters. The highest BCUT2D eigenvalue weighted by Crippen LogP contribution is 2.28. The van der Waals surface area contributed by atoms with Crippen LogP contribution in [0.5, 0.6) is 0 Å². The van der Waals surface area contributed by atoms with Crippen LogP contribution in [0.4, 0.5) is 5.69 Å². The predicted molar refractivity (Wildman–Crippen MR) is 138 cm³/mol. The molecule has 0 amide bonds. The van der Waals surface area contributed by atoms with Crippen LogP contribution in [-0.4, -0.2) is 21.6 Å². The van der Waals surface area contributed by atoms with Crippen molar-refractivity contribution in [3.05, 3.63) is 105 Å². The summed E-state index contributed by atoms with van der Waals surface area (Å²) in [7, 11) is 1.79. The van der Waals surface area contributed by atoms with Gasteiger partial charge in [0.1, 0.15) is 0 Å². The number of fused-ring (bicyclic) bond motifs is 1. The average molecular weight is 456 g/mol. The molecular weight excluding hydrogens is 430 g/mol. The van der Waals surface area contributed by atoms with Gasteiger partial charge in [0.15, 0.2) is 5.78 Å². The van der Waals surface area contributed by atoms with Crippen LogP contribution in [0.1, 0.15) is 21.6 Å². The number of benzene rings is 2. The van der Waals surface area contributed by atoms with Crippen LogP contribution in [0.25, 0.3) is 22.0 Å². The Balaban J connectivity index is 1.72. The van der Waals surface area contributed by atoms with E-state index in [1.54, 1.807) is 36.0 Å². The molecule has 0 aliphatic heterocycles. The molecule has 0 aliphatic rings. The van der Waals surface area contributed by atoms with Gasteiger partial charge in [-0.3, -0.25) is 14.6 Å². The number of hydrogen-bond donors (Lipinski definition) is 1. The molecule has 33 heavy (non-hydrogen) atoms. The van der Waals surface area contributed by atoms with E-state index in [-0.39, 0.29) is 11.3 Å². The fourth-order valence-electron chi connectivity index (χ4n) is 3.74. The third-order valence-corrected chi connectivity index (χ3v) is 6.24. The van der Waals surface area contributed by atoms with E-state index in [0.29, 0.717) is 11.1 Å². The maximum absolute atomic E-state index is 13.2. The third-order valence-electron chi connectivity index (χ3n) is 5.58. The second-order valence-electron chi connectivity index (χ2n) is 7.90. The van der Waals surface area contributed by atoms with Crippen LogP contribution in [-0.2, 0) is 7.05 Å². The molecule has 166 valence electrons. The summed E-state index contributed by atoms with van der Waals surface area (Å²) in [6.07, 6.45) is 5.32. The fraction of sp³-hybridized carbons (Fsp3) is 0.148. The van der Waals surface area contributed by atoms with Crippen molar-refractivity contribution < 1.29 is 4.79 Å². The lowest BCUT2D eigenvalue weighted by molar-refractivity contribution is 0.104. The number of allylic oxidation sites excluding steroid dienone is 1. The minimum atomic E-state index is -0.0639. The summed E-state index contributed by atoms with van der Waals surface area (Å²) in [4.78, 5) is 30.2. The van der Waals surface area contributed by atoms with Gasteiger partial charge in [0.2, 0.25) is 0 Å². The molecule has 0 spiro atoms. The minimum absolute atomic E-state index is 0.0618. The van der Waals surface area contributed by atoms with E-state index in [0.717, 1.165) is 38.4 Å². The number of thioether (sulfide) groups is 1. The first-order valence-electron chi connectivity index (χ1n) is 10.6. The Hall–Kier alpha value is -3.64. The van der Waals surface area contributed by atoms with E-state index in [1.807, 2.05) is 68.6 Å². The summed E-state index contributed by atoms with van der Waals surface area (Å²) in [5.41, 5.74) is 5.56. The maximum Gasteiger partial charge on any atom is 0.258 e. The number of carbonyl (C=O) groups is 1. The molecule has 0 bridgehead atoms. The maximum atomic E-state index is 13.2. The van der Waals surface area contributed by atoms with Crippen LogP contribution < -0.4 is 10.9 Å². The van der Waals surface area contributed by atoms with E-state index < -0.39 is 0 Å². The van der Waals surface area contributed by atoms with Crippen LogP contribution in [0, 0.1) is 13.8 Å². The van der Waals surface area contributed by atoms with Crippen molar-refractivity contribution in [2.75, 3.05) is 11.6 Å². The molecule has 2 heterocycles. The second-order valence-corrected chi connectivity index (χ2v) is 8.75. The van der Waals surface area contributed by atoms with Gasteiger partial charge >= 0.3 is 0 Å². The quantitative estimate of drug-likeness (QED) is 0.298. The van der Waals surface area contributed by atoms with Crippen molar-refractivity contribution in [3.63, 3.8) is 0 Å². The Morgan fingerprint density at radius 2 is 1.79 bits per heavy atom. The van der Waals surface area contributed by atoms with Gasteiger partial charge in [-0.1, -0.05) is 36.4 Å². The monoisotopic (exact) mass is 455 g/mol. The standard InChI is InChI=1S/C27H25N3O2S/c1-17-10-11-21(29-26(33-4)15-25(31)19-8-6-5-7-9-19)14-22(17)23-13-20-16-28-18(2)12-24(20)30(3)27(23)32/h5-16,29H,1-4H3. The van der Waals surface area contributed by atoms with Crippen molar-refractivity contribution in [2.24, 2.45) is 7.05 Å². The molecule has 6 heteroatoms. The van der Waals surface area contributed by atoms with E-state index >= 15 is 0 Å². The Bertz CT molecular complexity index is 1440. The summed E-state index contributed by atoms with van der Waals surface area (Å²) in [6, 6.07) is 18.9. The molecule has 0 aliphatic carbocycles. The van der Waals surface area contributed by atoms with E-state index in [4.69, 9.17) is 0 Å². The number of anilines is 1. The second kappa shape index (κ2) is 9.46. The zero-order valence-corrected chi connectivity index (χ0v) is 19.9. The fourth-order valence-corrected chi connectivity index (χ4v) is 4.19. The highest BCUT2D eigenvalue weighted by atomic mass is 32.2. The Kier molecular flexibility index (Phi) is 6.47. The SMILES string of the molecule is CSC(=CC(=O)c1ccccc1)Nc1ccc(C)c(-c2cc3cnc(C)cc3n(C)c2=O)c1. The number of aromatic nitrogens is 2. The van der Waals surface area contributed by atoms with Crippen LogP contribution in [0.3, 0.4) is 0 Å². The number of pyridine rings is 2. The number of aryl methyl sites for hydroxylation is 3. The van der Waals surface area contributed by atoms with E-state index in [2.05, 4.69) is 10.3 Å². The molecule has 4 rings (SSSR count). The van der Waals surface area contributed by atoms with Crippen molar-refractivity contribution in [2.45, 2.75) is 13.8 Å². The van der Waals surface area contributed by atoms with E-state index in [1.165, 1.54) is 11.8 Å². The summed E-state index contributed by atoms with van der Waals surface area (Å²) in [5, 5.41) is 4.96. The Morgan fingerprint density at radius 1 is 1.03 bits per heavy atom. The van der Waals surface area contributed by atoms with Crippen molar-refractivity contribution >= 4 is 34.1 Å². The first-order chi connectivity index (χ1) is 15.9. The third kappa shape index (κ3) is 4.76. The molecule has 1 N–H and O–H groups in total. The van der Waals surface area contributed by atoms with Crippen LogP contribution in [0.15, 0.2) is 82.8 Å². The first-order valence-corrected chi connectivity index (χ1v) is 11.8. The molecule has 0 unspecified atom stereocenters. The van der Waals surface area contributed by atoms with Crippen molar-refractivity contribution in [1.82, 2.24) is 9.55 Å². The lowest BCUT2D eigenvalue weighted by Crippen LogP contribution is -2.19. The van der Waals surface area contributed by atoms with Gasteiger partial charge in [-0.25, -0.2) is 0 Å². The number of nitrogens with one attached hydrogen (secondary N) is 1. The van der Waals surface area contributed by atoms with Gasteiger partial charge in [0, 0.05) is 47.2 Å². The van der Waals surface area contributed by atoms with Crippen LogP contribution >= 0.6 is 11.8 Å². The minimum Gasteiger partial charge on any atom is -0.350 e. The molecule has 5 nitrogen and oxygen atoms in total. The molecule has 2 aromatic carbocycles. The van der Waals surface area contributed by atoms with Gasteiger partial charge in [0.25, 0.3) is 5.56 Å². The topological polar surface area (TPSA) is 64.0 Å². The van der Waals surface area contributed by atoms with Crippen molar-refractivity contribution in [1.29, 1.82) is 0 Å². The molecule has 0 fully saturated rings. The molecule has 0 saturated heterocycles. The average Bonchev–Trinajstić information content (AvgIpc) is 2.83. The molecule has 4 aromatic rings. The summed E-state index contributed by atoms with van der Waals surface area (Å²) in [5.74, 6) is -0.0639. The predicted octanol–water partition coefficient (Wildman–Crippen LogP) is 5.72. The Morgan fingerprint density at radius 3 is 2.52 bits per heavy atom. The zero-order valence-electron chi connectivity index (χ0n) is 19.0. The number of rotatable bonds is 6. The molecule has 0 radical (unpaired) electrons. The summed E-state index contributed by atoms with van der Waals surface area (Å²) in [6.45, 7) is 3.90. The van der Waals surface area contributed by atoms with E-state index in [9.17, 15) is 9.59 Å². The number of nitrogens with zero attached hydrogens (tertiary/aromatic N) is 2. The highest BCUT2D eigenvalue weighted by molar-refractivity contribution is 8.02. The first kappa shape index (κ1) is 22.6. The number of hydrogen-bond acceptors (Lipinski definition) is 5. The Labute approximate surface area is 197 Å². The van der Waals surface area contributed by atoms with Gasteiger partial charge in [0.05, 0.1) is 10.5 Å². The summed E-state index contributed by atoms with van der Waals surface area (Å²) >= 11 is 1.46. The van der Waals surface area contributed by atoms with Gasteiger partial charge < -0.3 is 9.88 Å². The lowest BCUT2D eigenvalue weighted by Gasteiger charge is -2.14. The number of carbonyl (C=O) groups excluding carboxylic acids is 1. The smallest absolute Gasteiger partial charge is 0.258 e. The van der Waals surface area contributed by atoms with Crippen molar-refractivity contribution in [3.8, 4) is 11.1 Å². The number of ketones is 1. The highest BCUT2D eigenvalue weighted by Gasteiger charge is 2.13. The van der Waals surface area contributed by atoms with Gasteiger partial charge in [-0.2, -0.15) is 0 Å². The molecule has 0 saturated carbocycles.